The SMILES string of the molecule is CC(C)(C)OC(=O)NCCC(=O)Nc1ccc(-n2cncn2)cc1. The summed E-state index contributed by atoms with van der Waals surface area (Å²) < 4.78 is 6.71. The Bertz CT molecular complexity index is 675. The number of carbonyl (C=O) groups excluding carboxylic acids is 2. The van der Waals surface area contributed by atoms with Crippen LogP contribution in [0.25, 0.3) is 5.69 Å². The van der Waals surface area contributed by atoms with E-state index < -0.39 is 11.7 Å². The molecule has 0 saturated carbocycles. The number of anilines is 1. The van der Waals surface area contributed by atoms with Gasteiger partial charge in [-0.25, -0.2) is 14.5 Å². The van der Waals surface area contributed by atoms with E-state index in [0.29, 0.717) is 5.69 Å². The molecule has 0 radical (unpaired) electrons. The molecule has 0 unspecified atom stereocenters. The lowest BCUT2D eigenvalue weighted by molar-refractivity contribution is -0.116. The van der Waals surface area contributed by atoms with E-state index in [9.17, 15) is 9.59 Å². The third-order valence-corrected chi connectivity index (χ3v) is 2.85. The predicted molar refractivity (Wildman–Crippen MR) is 88.8 cm³/mol. The lowest BCUT2D eigenvalue weighted by atomic mass is 10.2. The molecule has 24 heavy (non-hydrogen) atoms. The summed E-state index contributed by atoms with van der Waals surface area (Å²) in [5.74, 6) is -0.195. The van der Waals surface area contributed by atoms with Crippen LogP contribution in [0.4, 0.5) is 10.5 Å². The van der Waals surface area contributed by atoms with Crippen LogP contribution in [-0.4, -0.2) is 38.9 Å². The van der Waals surface area contributed by atoms with Gasteiger partial charge in [-0.15, -0.1) is 0 Å². The van der Waals surface area contributed by atoms with Gasteiger partial charge in [0.1, 0.15) is 18.3 Å². The molecule has 0 aliphatic rings. The molecule has 0 aliphatic carbocycles. The van der Waals surface area contributed by atoms with Crippen molar-refractivity contribution in [3.8, 4) is 5.69 Å². The number of nitrogens with one attached hydrogen (secondary N) is 2. The van der Waals surface area contributed by atoms with E-state index in [-0.39, 0.29) is 18.9 Å². The van der Waals surface area contributed by atoms with Crippen LogP contribution < -0.4 is 10.6 Å². The fourth-order valence-electron chi connectivity index (χ4n) is 1.85. The highest BCUT2D eigenvalue weighted by atomic mass is 16.6. The Kier molecular flexibility index (Phi) is 5.51. The maximum Gasteiger partial charge on any atom is 0.407 e. The first-order chi connectivity index (χ1) is 11.3. The van der Waals surface area contributed by atoms with Crippen molar-refractivity contribution in [3.05, 3.63) is 36.9 Å². The number of alkyl carbamates (subject to hydrolysis) is 1. The quantitative estimate of drug-likeness (QED) is 0.874. The van der Waals surface area contributed by atoms with Crippen molar-refractivity contribution < 1.29 is 14.3 Å². The molecule has 0 spiro atoms. The average molecular weight is 331 g/mol. The number of hydrogen-bond acceptors (Lipinski definition) is 5. The first-order valence-corrected chi connectivity index (χ1v) is 7.55. The Hall–Kier alpha value is -2.90. The number of rotatable bonds is 5. The highest BCUT2D eigenvalue weighted by Crippen LogP contribution is 2.12. The fourth-order valence-corrected chi connectivity index (χ4v) is 1.85. The summed E-state index contributed by atoms with van der Waals surface area (Å²) >= 11 is 0. The number of hydrogen-bond donors (Lipinski definition) is 2. The summed E-state index contributed by atoms with van der Waals surface area (Å²) in [6.07, 6.45) is 2.67. The zero-order valence-corrected chi connectivity index (χ0v) is 13.9. The Morgan fingerprint density at radius 3 is 2.50 bits per heavy atom. The van der Waals surface area contributed by atoms with Crippen LogP contribution >= 0.6 is 0 Å². The minimum atomic E-state index is -0.557. The molecule has 0 fully saturated rings. The Morgan fingerprint density at radius 1 is 1.21 bits per heavy atom. The van der Waals surface area contributed by atoms with Gasteiger partial charge in [-0.3, -0.25) is 4.79 Å². The van der Waals surface area contributed by atoms with Crippen molar-refractivity contribution in [2.24, 2.45) is 0 Å². The summed E-state index contributed by atoms with van der Waals surface area (Å²) in [6.45, 7) is 5.55. The van der Waals surface area contributed by atoms with Gasteiger partial charge in [-0.2, -0.15) is 5.10 Å². The van der Waals surface area contributed by atoms with Crippen LogP contribution in [0.3, 0.4) is 0 Å². The van der Waals surface area contributed by atoms with E-state index in [1.165, 1.54) is 6.33 Å². The van der Waals surface area contributed by atoms with E-state index in [4.69, 9.17) is 4.74 Å². The third-order valence-electron chi connectivity index (χ3n) is 2.85. The van der Waals surface area contributed by atoms with Crippen LogP contribution in [0.2, 0.25) is 0 Å². The molecular formula is C16H21N5O3. The lowest BCUT2D eigenvalue weighted by Crippen LogP contribution is -2.34. The zero-order chi connectivity index (χ0) is 17.6. The van der Waals surface area contributed by atoms with Gasteiger partial charge in [0.25, 0.3) is 0 Å². The van der Waals surface area contributed by atoms with Gasteiger partial charge < -0.3 is 15.4 Å². The van der Waals surface area contributed by atoms with Gasteiger partial charge in [-0.1, -0.05) is 0 Å². The molecule has 2 rings (SSSR count). The molecular weight excluding hydrogens is 310 g/mol. The first-order valence-electron chi connectivity index (χ1n) is 7.55. The molecule has 1 heterocycles. The second-order valence-corrected chi connectivity index (χ2v) is 6.11. The van der Waals surface area contributed by atoms with Crippen LogP contribution in [0.5, 0.6) is 0 Å². The molecule has 8 heteroatoms. The van der Waals surface area contributed by atoms with Crippen LogP contribution in [0.1, 0.15) is 27.2 Å². The summed E-state index contributed by atoms with van der Waals surface area (Å²) in [4.78, 5) is 27.2. The average Bonchev–Trinajstić information content (AvgIpc) is 3.00. The summed E-state index contributed by atoms with van der Waals surface area (Å²) in [5, 5.41) is 9.33. The second kappa shape index (κ2) is 7.58. The van der Waals surface area contributed by atoms with E-state index in [1.807, 2.05) is 12.1 Å². The second-order valence-electron chi connectivity index (χ2n) is 6.11. The Morgan fingerprint density at radius 2 is 1.92 bits per heavy atom. The highest BCUT2D eigenvalue weighted by Gasteiger charge is 2.15. The largest absolute Gasteiger partial charge is 0.444 e. The van der Waals surface area contributed by atoms with Gasteiger partial charge in [0.2, 0.25) is 5.91 Å². The van der Waals surface area contributed by atoms with Crippen molar-refractivity contribution >= 4 is 17.7 Å². The van der Waals surface area contributed by atoms with Crippen LogP contribution in [-0.2, 0) is 9.53 Å². The van der Waals surface area contributed by atoms with E-state index in [0.717, 1.165) is 5.69 Å². The van der Waals surface area contributed by atoms with E-state index in [2.05, 4.69) is 20.7 Å². The molecule has 8 nitrogen and oxygen atoms in total. The normalized spacial score (nSPS) is 11.0. The van der Waals surface area contributed by atoms with Crippen molar-refractivity contribution in [2.45, 2.75) is 32.8 Å². The van der Waals surface area contributed by atoms with Gasteiger partial charge in [0.15, 0.2) is 0 Å². The first kappa shape index (κ1) is 17.5. The molecule has 2 N–H and O–H groups in total. The minimum Gasteiger partial charge on any atom is -0.444 e. The molecule has 0 bridgehead atoms. The summed E-state index contributed by atoms with van der Waals surface area (Å²) in [6, 6.07) is 7.19. The summed E-state index contributed by atoms with van der Waals surface area (Å²) in [7, 11) is 0. The number of amides is 2. The molecule has 0 saturated heterocycles. The molecule has 0 aliphatic heterocycles. The number of nitrogens with zero attached hydrogens (tertiary/aromatic N) is 3. The molecule has 0 atom stereocenters. The number of carbonyl (C=O) groups is 2. The molecule has 128 valence electrons. The van der Waals surface area contributed by atoms with Gasteiger partial charge in [-0.05, 0) is 45.0 Å². The summed E-state index contributed by atoms with van der Waals surface area (Å²) in [5.41, 5.74) is 0.955. The highest BCUT2D eigenvalue weighted by molar-refractivity contribution is 5.91. The van der Waals surface area contributed by atoms with Crippen molar-refractivity contribution in [2.75, 3.05) is 11.9 Å². The molecule has 1 aromatic heterocycles. The monoisotopic (exact) mass is 331 g/mol. The maximum atomic E-state index is 11.9. The van der Waals surface area contributed by atoms with Crippen LogP contribution in [0.15, 0.2) is 36.9 Å². The molecule has 2 aromatic rings. The minimum absolute atomic E-state index is 0.157. The van der Waals surface area contributed by atoms with Gasteiger partial charge in [0, 0.05) is 18.7 Å². The molecule has 1 aromatic carbocycles. The molecule has 2 amide bonds. The van der Waals surface area contributed by atoms with Gasteiger partial charge >= 0.3 is 6.09 Å². The predicted octanol–water partition coefficient (Wildman–Crippen LogP) is 2.12. The van der Waals surface area contributed by atoms with Crippen LogP contribution in [0, 0.1) is 0 Å². The fraction of sp³-hybridized carbons (Fsp3) is 0.375. The van der Waals surface area contributed by atoms with Gasteiger partial charge in [0.05, 0.1) is 5.69 Å². The number of ether oxygens (including phenoxy) is 1. The zero-order valence-electron chi connectivity index (χ0n) is 13.9. The standard InChI is InChI=1S/C16H21N5O3/c1-16(2,3)24-15(23)18-9-8-14(22)20-12-4-6-13(7-5-12)21-11-17-10-19-21/h4-7,10-11H,8-9H2,1-3H3,(H,18,23)(H,20,22). The number of benzene rings is 1. The Labute approximate surface area is 140 Å². The van der Waals surface area contributed by atoms with Crippen molar-refractivity contribution in [1.82, 2.24) is 20.1 Å². The van der Waals surface area contributed by atoms with E-state index in [1.54, 1.807) is 43.9 Å². The van der Waals surface area contributed by atoms with Crippen molar-refractivity contribution in [1.29, 1.82) is 0 Å². The maximum absolute atomic E-state index is 11.9. The Balaban J connectivity index is 1.75. The topological polar surface area (TPSA) is 98.1 Å². The van der Waals surface area contributed by atoms with E-state index >= 15 is 0 Å². The third kappa shape index (κ3) is 5.71. The lowest BCUT2D eigenvalue weighted by Gasteiger charge is -2.19. The smallest absolute Gasteiger partial charge is 0.407 e. The number of aromatic nitrogens is 3. The van der Waals surface area contributed by atoms with Crippen molar-refractivity contribution in [3.63, 3.8) is 0 Å².